The summed E-state index contributed by atoms with van der Waals surface area (Å²) in [7, 11) is 0. The average molecular weight is 228 g/mol. The third-order valence-corrected chi connectivity index (χ3v) is 3.41. The van der Waals surface area contributed by atoms with Gasteiger partial charge in [-0.25, -0.2) is 0 Å². The van der Waals surface area contributed by atoms with E-state index in [1.807, 2.05) is 17.5 Å². The van der Waals surface area contributed by atoms with E-state index < -0.39 is 12.0 Å². The largest absolute Gasteiger partial charge is 0.480 e. The number of nitrogens with two attached hydrogens (primary N) is 2. The lowest BCUT2D eigenvalue weighted by Gasteiger charge is -2.14. The fourth-order valence-electron chi connectivity index (χ4n) is 1.40. The van der Waals surface area contributed by atoms with Gasteiger partial charge in [0.1, 0.15) is 6.04 Å². The highest BCUT2D eigenvalue weighted by molar-refractivity contribution is 7.10. The zero-order chi connectivity index (χ0) is 11.3. The quantitative estimate of drug-likeness (QED) is 0.677. The van der Waals surface area contributed by atoms with Crippen molar-refractivity contribution < 1.29 is 9.90 Å². The summed E-state index contributed by atoms with van der Waals surface area (Å²) in [6.07, 6.45) is 1.19. The van der Waals surface area contributed by atoms with Crippen molar-refractivity contribution >= 4 is 17.3 Å². The maximum absolute atomic E-state index is 10.5. The number of aliphatic carboxylic acids is 1. The third kappa shape index (κ3) is 3.62. The second kappa shape index (κ2) is 5.85. The highest BCUT2D eigenvalue weighted by Gasteiger charge is 2.16. The van der Waals surface area contributed by atoms with Crippen LogP contribution in [0, 0.1) is 0 Å². The smallest absolute Gasteiger partial charge is 0.320 e. The Kier molecular flexibility index (Phi) is 4.74. The lowest BCUT2D eigenvalue weighted by molar-refractivity contribution is -0.138. The number of carboxylic acid groups (broad SMARTS) is 1. The van der Waals surface area contributed by atoms with Crippen LogP contribution in [-0.2, 0) is 4.79 Å². The van der Waals surface area contributed by atoms with Gasteiger partial charge in [-0.2, -0.15) is 0 Å². The van der Waals surface area contributed by atoms with Crippen LogP contribution < -0.4 is 11.5 Å². The van der Waals surface area contributed by atoms with Crippen molar-refractivity contribution in [1.29, 1.82) is 0 Å². The number of carbonyl (C=O) groups is 1. The molecule has 5 heteroatoms. The van der Waals surface area contributed by atoms with Crippen molar-refractivity contribution in [2.45, 2.75) is 24.8 Å². The highest BCUT2D eigenvalue weighted by atomic mass is 32.1. The molecular weight excluding hydrogens is 212 g/mol. The molecule has 0 bridgehead atoms. The topological polar surface area (TPSA) is 89.3 Å². The maximum Gasteiger partial charge on any atom is 0.320 e. The van der Waals surface area contributed by atoms with Gasteiger partial charge in [-0.3, -0.25) is 4.79 Å². The Bertz CT molecular complexity index is 300. The summed E-state index contributed by atoms with van der Waals surface area (Å²) in [5.41, 5.74) is 11.1. The molecule has 1 aromatic heterocycles. The van der Waals surface area contributed by atoms with Gasteiger partial charge in [-0.15, -0.1) is 11.3 Å². The van der Waals surface area contributed by atoms with Crippen LogP contribution in [0.1, 0.15) is 23.6 Å². The SMILES string of the molecule is NCC(CC[C@H](N)C(=O)O)c1cccs1. The fraction of sp³-hybridized carbons (Fsp3) is 0.500. The average Bonchev–Trinajstić information content (AvgIpc) is 2.71. The summed E-state index contributed by atoms with van der Waals surface area (Å²) in [5, 5.41) is 10.6. The lowest BCUT2D eigenvalue weighted by Crippen LogP contribution is -2.30. The van der Waals surface area contributed by atoms with E-state index in [0.29, 0.717) is 13.0 Å². The van der Waals surface area contributed by atoms with E-state index in [9.17, 15) is 4.79 Å². The molecule has 0 spiro atoms. The molecule has 0 aliphatic carbocycles. The van der Waals surface area contributed by atoms with E-state index in [0.717, 1.165) is 6.42 Å². The first-order valence-electron chi connectivity index (χ1n) is 4.87. The molecule has 1 heterocycles. The molecule has 0 saturated carbocycles. The minimum Gasteiger partial charge on any atom is -0.480 e. The van der Waals surface area contributed by atoms with Gasteiger partial charge in [0.15, 0.2) is 0 Å². The van der Waals surface area contributed by atoms with Crippen LogP contribution in [0.15, 0.2) is 17.5 Å². The van der Waals surface area contributed by atoms with E-state index in [1.54, 1.807) is 11.3 Å². The normalized spacial score (nSPS) is 14.8. The first-order valence-corrected chi connectivity index (χ1v) is 5.75. The van der Waals surface area contributed by atoms with Crippen molar-refractivity contribution in [3.8, 4) is 0 Å². The second-order valence-electron chi connectivity index (χ2n) is 3.47. The molecule has 2 atom stereocenters. The Morgan fingerprint density at radius 2 is 2.27 bits per heavy atom. The molecular formula is C10H16N2O2S. The molecule has 0 fully saturated rings. The molecule has 5 N–H and O–H groups in total. The van der Waals surface area contributed by atoms with Crippen molar-refractivity contribution in [1.82, 2.24) is 0 Å². The van der Waals surface area contributed by atoms with Gasteiger partial charge in [0.2, 0.25) is 0 Å². The Balaban J connectivity index is 2.45. The standard InChI is InChI=1S/C10H16N2O2S/c11-6-7(9-2-1-5-15-9)3-4-8(12)10(13)14/h1-2,5,7-8H,3-4,6,11-12H2,(H,13,14)/t7?,8-/m0/s1. The molecule has 84 valence electrons. The number of thiophene rings is 1. The fourth-order valence-corrected chi connectivity index (χ4v) is 2.28. The van der Waals surface area contributed by atoms with Gasteiger partial charge in [-0.1, -0.05) is 6.07 Å². The van der Waals surface area contributed by atoms with E-state index in [4.69, 9.17) is 16.6 Å². The van der Waals surface area contributed by atoms with Gasteiger partial charge in [0.05, 0.1) is 0 Å². The van der Waals surface area contributed by atoms with Crippen LogP contribution in [0.5, 0.6) is 0 Å². The van der Waals surface area contributed by atoms with Crippen molar-refractivity contribution in [2.75, 3.05) is 6.54 Å². The Morgan fingerprint density at radius 1 is 1.53 bits per heavy atom. The van der Waals surface area contributed by atoms with Crippen LogP contribution in [-0.4, -0.2) is 23.7 Å². The van der Waals surface area contributed by atoms with E-state index in [1.165, 1.54) is 4.88 Å². The van der Waals surface area contributed by atoms with Crippen LogP contribution >= 0.6 is 11.3 Å². The molecule has 4 nitrogen and oxygen atoms in total. The molecule has 1 rings (SSSR count). The van der Waals surface area contributed by atoms with E-state index in [2.05, 4.69) is 0 Å². The summed E-state index contributed by atoms with van der Waals surface area (Å²) in [5.74, 6) is -0.715. The number of hydrogen-bond acceptors (Lipinski definition) is 4. The van der Waals surface area contributed by atoms with Crippen LogP contribution in [0.4, 0.5) is 0 Å². The number of hydrogen-bond donors (Lipinski definition) is 3. The van der Waals surface area contributed by atoms with Gasteiger partial charge in [-0.05, 0) is 30.8 Å². The zero-order valence-corrected chi connectivity index (χ0v) is 9.24. The van der Waals surface area contributed by atoms with Crippen LogP contribution in [0.3, 0.4) is 0 Å². The summed E-state index contributed by atoms with van der Waals surface area (Å²) in [4.78, 5) is 11.7. The molecule has 0 aliphatic heterocycles. The first kappa shape index (κ1) is 12.2. The molecule has 0 aromatic carbocycles. The lowest BCUT2D eigenvalue weighted by atomic mass is 9.99. The second-order valence-corrected chi connectivity index (χ2v) is 4.45. The molecule has 0 amide bonds. The molecule has 0 aliphatic rings. The minimum absolute atomic E-state index is 0.232. The Morgan fingerprint density at radius 3 is 2.73 bits per heavy atom. The van der Waals surface area contributed by atoms with Gasteiger partial charge in [0, 0.05) is 10.8 Å². The van der Waals surface area contributed by atoms with Crippen molar-refractivity contribution in [3.63, 3.8) is 0 Å². The van der Waals surface area contributed by atoms with Crippen molar-refractivity contribution in [2.24, 2.45) is 11.5 Å². The highest BCUT2D eigenvalue weighted by Crippen LogP contribution is 2.24. The van der Waals surface area contributed by atoms with Gasteiger partial charge < -0.3 is 16.6 Å². The summed E-state index contributed by atoms with van der Waals surface area (Å²) in [6.45, 7) is 0.535. The third-order valence-electron chi connectivity index (χ3n) is 2.37. The molecule has 15 heavy (non-hydrogen) atoms. The van der Waals surface area contributed by atoms with E-state index in [-0.39, 0.29) is 5.92 Å². The molecule has 1 unspecified atom stereocenters. The van der Waals surface area contributed by atoms with Crippen LogP contribution in [0.25, 0.3) is 0 Å². The molecule has 1 aromatic rings. The monoisotopic (exact) mass is 228 g/mol. The molecule has 0 radical (unpaired) electrons. The van der Waals surface area contributed by atoms with Gasteiger partial charge in [0.25, 0.3) is 0 Å². The van der Waals surface area contributed by atoms with Crippen LogP contribution in [0.2, 0.25) is 0 Å². The number of rotatable bonds is 6. The van der Waals surface area contributed by atoms with E-state index >= 15 is 0 Å². The summed E-state index contributed by atoms with van der Waals surface area (Å²) in [6, 6.07) is 3.22. The minimum atomic E-state index is -0.947. The Hall–Kier alpha value is -0.910. The first-order chi connectivity index (χ1) is 7.15. The van der Waals surface area contributed by atoms with Gasteiger partial charge >= 0.3 is 5.97 Å². The summed E-state index contributed by atoms with van der Waals surface area (Å²) >= 11 is 1.65. The summed E-state index contributed by atoms with van der Waals surface area (Å²) < 4.78 is 0. The predicted molar refractivity (Wildman–Crippen MR) is 61.0 cm³/mol. The Labute approximate surface area is 92.9 Å². The predicted octanol–water partition coefficient (Wildman–Crippen LogP) is 0.983. The zero-order valence-electron chi connectivity index (χ0n) is 8.43. The maximum atomic E-state index is 10.5. The van der Waals surface area contributed by atoms with Crippen molar-refractivity contribution in [3.05, 3.63) is 22.4 Å². The number of carboxylic acids is 1. The molecule has 0 saturated heterocycles.